The zero-order chi connectivity index (χ0) is 17.1. The van der Waals surface area contributed by atoms with Gasteiger partial charge in [-0.1, -0.05) is 23.7 Å². The molecule has 1 aromatic carbocycles. The summed E-state index contributed by atoms with van der Waals surface area (Å²) in [6.45, 7) is 3.19. The largest absolute Gasteiger partial charge is 0.480 e. The van der Waals surface area contributed by atoms with Gasteiger partial charge in [0.2, 0.25) is 0 Å². The van der Waals surface area contributed by atoms with Crippen molar-refractivity contribution in [2.24, 2.45) is 0 Å². The second-order valence-corrected chi connectivity index (χ2v) is 6.06. The van der Waals surface area contributed by atoms with Crippen molar-refractivity contribution in [3.05, 3.63) is 35.5 Å². The van der Waals surface area contributed by atoms with E-state index in [-0.39, 0.29) is 6.54 Å². The molecule has 24 heavy (non-hydrogen) atoms. The van der Waals surface area contributed by atoms with Gasteiger partial charge in [0, 0.05) is 37.4 Å². The highest BCUT2D eigenvalue weighted by Crippen LogP contribution is 2.28. The van der Waals surface area contributed by atoms with Crippen LogP contribution in [0.15, 0.2) is 30.3 Å². The van der Waals surface area contributed by atoms with Crippen molar-refractivity contribution in [1.82, 2.24) is 15.1 Å². The predicted molar refractivity (Wildman–Crippen MR) is 93.2 cm³/mol. The Morgan fingerprint density at radius 3 is 2.46 bits per heavy atom. The first-order chi connectivity index (χ1) is 11.5. The highest BCUT2D eigenvalue weighted by Gasteiger charge is 2.19. The smallest absolute Gasteiger partial charge is 0.317 e. The van der Waals surface area contributed by atoms with Crippen molar-refractivity contribution >= 4 is 29.1 Å². The van der Waals surface area contributed by atoms with Crippen LogP contribution in [0.1, 0.15) is 0 Å². The monoisotopic (exact) mass is 347 g/mol. The van der Waals surface area contributed by atoms with E-state index in [1.165, 1.54) is 0 Å². The van der Waals surface area contributed by atoms with Crippen LogP contribution in [0.2, 0.25) is 5.15 Å². The van der Waals surface area contributed by atoms with Gasteiger partial charge in [-0.05, 0) is 23.8 Å². The maximum atomic E-state index is 10.8. The molecule has 3 N–H and O–H groups in total. The van der Waals surface area contributed by atoms with E-state index in [4.69, 9.17) is 22.4 Å². The maximum Gasteiger partial charge on any atom is 0.317 e. The molecule has 0 bridgehead atoms. The first-order valence-corrected chi connectivity index (χ1v) is 7.99. The number of halogens is 1. The number of carboxylic acid groups (broad SMARTS) is 1. The third kappa shape index (κ3) is 3.74. The molecule has 8 heteroatoms. The quantitative estimate of drug-likeness (QED) is 0.866. The highest BCUT2D eigenvalue weighted by molar-refractivity contribution is 6.29. The molecule has 1 fully saturated rings. The minimum Gasteiger partial charge on any atom is -0.480 e. The van der Waals surface area contributed by atoms with E-state index in [2.05, 4.69) is 15.1 Å². The number of benzene rings is 1. The predicted octanol–water partition coefficient (Wildman–Crippen LogP) is 1.59. The number of nitrogen functional groups attached to an aromatic ring is 1. The Morgan fingerprint density at radius 1 is 1.17 bits per heavy atom. The van der Waals surface area contributed by atoms with Crippen LogP contribution in [-0.4, -0.2) is 58.9 Å². The molecule has 1 aliphatic heterocycles. The standard InChI is InChI=1S/C16H18ClN5O2/c17-14-9-13(16(18)20-19-14)11-1-3-12(4-2-11)22-7-5-21(6-8-22)10-15(23)24/h1-4,9H,5-8,10H2,(H2,18,20)(H,23,24). The van der Waals surface area contributed by atoms with Crippen LogP contribution in [0.25, 0.3) is 11.1 Å². The summed E-state index contributed by atoms with van der Waals surface area (Å²) in [6.07, 6.45) is 0. The van der Waals surface area contributed by atoms with Gasteiger partial charge in [0.25, 0.3) is 0 Å². The summed E-state index contributed by atoms with van der Waals surface area (Å²) in [4.78, 5) is 14.9. The second kappa shape index (κ2) is 7.02. The van der Waals surface area contributed by atoms with Gasteiger partial charge in [-0.15, -0.1) is 10.2 Å². The lowest BCUT2D eigenvalue weighted by molar-refractivity contribution is -0.138. The lowest BCUT2D eigenvalue weighted by Crippen LogP contribution is -2.47. The number of piperazine rings is 1. The summed E-state index contributed by atoms with van der Waals surface area (Å²) in [5, 5.41) is 16.7. The molecule has 0 unspecified atom stereocenters. The van der Waals surface area contributed by atoms with Gasteiger partial charge in [-0.2, -0.15) is 0 Å². The van der Waals surface area contributed by atoms with Gasteiger partial charge in [0.1, 0.15) is 0 Å². The molecule has 0 spiro atoms. The van der Waals surface area contributed by atoms with Crippen LogP contribution in [0.4, 0.5) is 11.5 Å². The molecule has 0 saturated carbocycles. The number of hydrogen-bond donors (Lipinski definition) is 2. The third-order valence-corrected chi connectivity index (χ3v) is 4.25. The molecule has 0 amide bonds. The molecule has 2 aromatic rings. The molecule has 0 atom stereocenters. The van der Waals surface area contributed by atoms with E-state index in [1.807, 2.05) is 29.2 Å². The van der Waals surface area contributed by atoms with Crippen molar-refractivity contribution in [3.63, 3.8) is 0 Å². The van der Waals surface area contributed by atoms with E-state index < -0.39 is 5.97 Å². The van der Waals surface area contributed by atoms with Crippen LogP contribution >= 0.6 is 11.6 Å². The van der Waals surface area contributed by atoms with Crippen LogP contribution in [0.5, 0.6) is 0 Å². The molecule has 3 rings (SSSR count). The number of hydrogen-bond acceptors (Lipinski definition) is 6. The van der Waals surface area contributed by atoms with Crippen LogP contribution in [0, 0.1) is 0 Å². The summed E-state index contributed by atoms with van der Waals surface area (Å²) < 4.78 is 0. The Labute approximate surface area is 144 Å². The van der Waals surface area contributed by atoms with Crippen molar-refractivity contribution in [2.75, 3.05) is 43.4 Å². The number of aromatic nitrogens is 2. The SMILES string of the molecule is Nc1nnc(Cl)cc1-c1ccc(N2CCN(CC(=O)O)CC2)cc1. The minimum atomic E-state index is -0.782. The zero-order valence-corrected chi connectivity index (χ0v) is 13.8. The van der Waals surface area contributed by atoms with Crippen LogP contribution in [-0.2, 0) is 4.79 Å². The van der Waals surface area contributed by atoms with Crippen LogP contribution in [0.3, 0.4) is 0 Å². The average Bonchev–Trinajstić information content (AvgIpc) is 2.57. The lowest BCUT2D eigenvalue weighted by Gasteiger charge is -2.35. The van der Waals surface area contributed by atoms with Crippen LogP contribution < -0.4 is 10.6 Å². The third-order valence-electron chi connectivity index (χ3n) is 4.07. The molecular weight excluding hydrogens is 330 g/mol. The van der Waals surface area contributed by atoms with Crippen molar-refractivity contribution in [3.8, 4) is 11.1 Å². The molecule has 7 nitrogen and oxygen atoms in total. The first-order valence-electron chi connectivity index (χ1n) is 7.61. The van der Waals surface area contributed by atoms with Gasteiger partial charge in [-0.3, -0.25) is 9.69 Å². The number of anilines is 2. The van der Waals surface area contributed by atoms with Crippen molar-refractivity contribution < 1.29 is 9.90 Å². The Bertz CT molecular complexity index is 730. The molecule has 0 aliphatic carbocycles. The fourth-order valence-corrected chi connectivity index (χ4v) is 2.96. The van der Waals surface area contributed by atoms with Crippen molar-refractivity contribution in [2.45, 2.75) is 0 Å². The summed E-state index contributed by atoms with van der Waals surface area (Å²) in [7, 11) is 0. The van der Waals surface area contributed by atoms with E-state index in [9.17, 15) is 4.79 Å². The van der Waals surface area contributed by atoms with Gasteiger partial charge in [-0.25, -0.2) is 0 Å². The molecule has 1 saturated heterocycles. The first kappa shape index (κ1) is 16.5. The number of nitrogens with zero attached hydrogens (tertiary/aromatic N) is 4. The number of rotatable bonds is 4. The molecule has 1 aliphatic rings. The van der Waals surface area contributed by atoms with E-state index in [0.29, 0.717) is 11.0 Å². The minimum absolute atomic E-state index is 0.0991. The molecule has 0 radical (unpaired) electrons. The van der Waals surface area contributed by atoms with Gasteiger partial charge >= 0.3 is 5.97 Å². The number of carboxylic acids is 1. The summed E-state index contributed by atoms with van der Waals surface area (Å²) >= 11 is 5.89. The van der Waals surface area contributed by atoms with E-state index in [1.54, 1.807) is 6.07 Å². The number of carbonyl (C=O) groups is 1. The topological polar surface area (TPSA) is 95.6 Å². The van der Waals surface area contributed by atoms with Gasteiger partial charge in [0.15, 0.2) is 11.0 Å². The molecule has 126 valence electrons. The normalized spacial score (nSPS) is 15.5. The molecule has 1 aromatic heterocycles. The fourth-order valence-electron chi connectivity index (χ4n) is 2.82. The van der Waals surface area contributed by atoms with Gasteiger partial charge in [0.05, 0.1) is 6.54 Å². The Balaban J connectivity index is 1.69. The van der Waals surface area contributed by atoms with Gasteiger partial charge < -0.3 is 15.7 Å². The Morgan fingerprint density at radius 2 is 1.83 bits per heavy atom. The average molecular weight is 348 g/mol. The molecule has 2 heterocycles. The van der Waals surface area contributed by atoms with Crippen molar-refractivity contribution in [1.29, 1.82) is 0 Å². The number of nitrogens with two attached hydrogens (primary N) is 1. The highest BCUT2D eigenvalue weighted by atomic mass is 35.5. The summed E-state index contributed by atoms with van der Waals surface area (Å²) in [5.74, 6) is -0.440. The summed E-state index contributed by atoms with van der Waals surface area (Å²) in [6, 6.07) is 9.70. The fraction of sp³-hybridized carbons (Fsp3) is 0.312. The Kier molecular flexibility index (Phi) is 4.82. The Hall–Kier alpha value is -2.38. The van der Waals surface area contributed by atoms with E-state index >= 15 is 0 Å². The maximum absolute atomic E-state index is 10.8. The lowest BCUT2D eigenvalue weighted by atomic mass is 10.1. The molecular formula is C16H18ClN5O2. The zero-order valence-electron chi connectivity index (χ0n) is 13.0. The second-order valence-electron chi connectivity index (χ2n) is 5.67. The summed E-state index contributed by atoms with van der Waals surface area (Å²) in [5.41, 5.74) is 8.64. The van der Waals surface area contributed by atoms with E-state index in [0.717, 1.165) is 43.0 Å². The number of aliphatic carboxylic acids is 1.